The molecule has 3 aromatic rings. The highest BCUT2D eigenvalue weighted by Crippen LogP contribution is 2.31. The van der Waals surface area contributed by atoms with Gasteiger partial charge in [0.1, 0.15) is 10.7 Å². The third-order valence-corrected chi connectivity index (χ3v) is 6.48. The predicted octanol–water partition coefficient (Wildman–Crippen LogP) is 5.47. The first-order valence-corrected chi connectivity index (χ1v) is 11.4. The molecule has 0 radical (unpaired) electrons. The molecule has 1 aromatic heterocycles. The summed E-state index contributed by atoms with van der Waals surface area (Å²) < 4.78 is 41.7. The van der Waals surface area contributed by atoms with Gasteiger partial charge in [0.05, 0.1) is 16.2 Å². The Morgan fingerprint density at radius 2 is 2.07 bits per heavy atom. The Labute approximate surface area is 172 Å². The Hall–Kier alpha value is -2.16. The van der Waals surface area contributed by atoms with E-state index in [1.807, 2.05) is 25.1 Å². The molecule has 5 nitrogen and oxygen atoms in total. The molecule has 0 fully saturated rings. The average molecular weight is 440 g/mol. The third-order valence-electron chi connectivity index (χ3n) is 4.21. The number of aromatic nitrogens is 1. The molecule has 9 heteroatoms. The van der Waals surface area contributed by atoms with Gasteiger partial charge in [-0.2, -0.15) is 0 Å². The molecule has 0 aliphatic rings. The number of rotatable bonds is 7. The van der Waals surface area contributed by atoms with E-state index >= 15 is 0 Å². The molecule has 1 atom stereocenters. The lowest BCUT2D eigenvalue weighted by Gasteiger charge is -2.18. The van der Waals surface area contributed by atoms with Gasteiger partial charge in [0, 0.05) is 11.4 Å². The maximum Gasteiger partial charge on any atom is 0.266 e. The minimum Gasteiger partial charge on any atom is -0.377 e. The molecule has 0 amide bonds. The van der Waals surface area contributed by atoms with Crippen LogP contribution in [0.15, 0.2) is 52.2 Å². The first kappa shape index (κ1) is 20.6. The molecule has 0 saturated carbocycles. The predicted molar refractivity (Wildman–Crippen MR) is 112 cm³/mol. The fourth-order valence-corrected chi connectivity index (χ4v) is 4.63. The van der Waals surface area contributed by atoms with Crippen molar-refractivity contribution in [3.8, 4) is 0 Å². The smallest absolute Gasteiger partial charge is 0.266 e. The van der Waals surface area contributed by atoms with Crippen molar-refractivity contribution in [1.82, 2.24) is 4.98 Å². The maximum absolute atomic E-state index is 14.6. The molecule has 2 N–H and O–H groups in total. The molecule has 0 unspecified atom stereocenters. The first-order chi connectivity index (χ1) is 13.3. The Morgan fingerprint density at radius 1 is 1.29 bits per heavy atom. The molecular weight excluding hydrogens is 421 g/mol. The fourth-order valence-electron chi connectivity index (χ4n) is 2.70. The van der Waals surface area contributed by atoms with Crippen LogP contribution >= 0.6 is 22.9 Å². The number of halogens is 2. The van der Waals surface area contributed by atoms with Crippen LogP contribution in [0.2, 0.25) is 5.02 Å². The second kappa shape index (κ2) is 8.46. The molecule has 0 bridgehead atoms. The van der Waals surface area contributed by atoms with E-state index in [-0.39, 0.29) is 16.9 Å². The van der Waals surface area contributed by atoms with Gasteiger partial charge in [-0.1, -0.05) is 42.8 Å². The third kappa shape index (κ3) is 4.63. The topological polar surface area (TPSA) is 71.1 Å². The summed E-state index contributed by atoms with van der Waals surface area (Å²) in [5.41, 5.74) is 4.01. The van der Waals surface area contributed by atoms with Crippen molar-refractivity contribution in [2.24, 2.45) is 0 Å². The summed E-state index contributed by atoms with van der Waals surface area (Å²) in [6.07, 6.45) is 0.911. The van der Waals surface area contributed by atoms with E-state index in [0.717, 1.165) is 24.1 Å². The molecule has 3 rings (SSSR count). The van der Waals surface area contributed by atoms with Gasteiger partial charge >= 0.3 is 0 Å². The Bertz CT molecular complexity index is 1070. The molecule has 28 heavy (non-hydrogen) atoms. The van der Waals surface area contributed by atoms with Crippen LogP contribution in [0.1, 0.15) is 31.0 Å². The quantitative estimate of drug-likeness (QED) is 0.512. The number of thiazole rings is 1. The second-order valence-corrected chi connectivity index (χ2v) is 8.98. The van der Waals surface area contributed by atoms with Crippen LogP contribution in [0.3, 0.4) is 0 Å². The van der Waals surface area contributed by atoms with Gasteiger partial charge < -0.3 is 5.32 Å². The summed E-state index contributed by atoms with van der Waals surface area (Å²) in [6.45, 7) is 4.00. The number of nitrogens with one attached hydrogen (secondary N) is 2. The van der Waals surface area contributed by atoms with Crippen molar-refractivity contribution in [2.45, 2.75) is 31.2 Å². The zero-order valence-electron chi connectivity index (χ0n) is 15.2. The summed E-state index contributed by atoms with van der Waals surface area (Å²) >= 11 is 7.47. The van der Waals surface area contributed by atoms with Gasteiger partial charge in [-0.05, 0) is 36.6 Å². The molecule has 0 aliphatic heterocycles. The molecular formula is C19H19ClFN3O2S2. The molecule has 148 valence electrons. The molecule has 0 aliphatic carbocycles. The van der Waals surface area contributed by atoms with E-state index in [2.05, 4.69) is 28.0 Å². The standard InChI is InChI=1S/C19H19ClFN3O2S2/c1-3-13-5-4-6-14(7-13)12(2)23-17-9-16(21)18(8-15(17)20)28(25,26)24-19-10-27-11-22-19/h4-12,23-24H,3H2,1-2H3/t12-/m0/s1. The number of hydrogen-bond donors (Lipinski definition) is 2. The zero-order chi connectivity index (χ0) is 20.3. The summed E-state index contributed by atoms with van der Waals surface area (Å²) in [5.74, 6) is -0.767. The molecule has 0 saturated heterocycles. The molecule has 1 heterocycles. The van der Waals surface area contributed by atoms with Gasteiger partial charge in [-0.25, -0.2) is 17.8 Å². The van der Waals surface area contributed by atoms with Crippen molar-refractivity contribution in [3.63, 3.8) is 0 Å². The summed E-state index contributed by atoms with van der Waals surface area (Å²) in [4.78, 5) is 3.31. The van der Waals surface area contributed by atoms with Crippen molar-refractivity contribution >= 4 is 44.5 Å². The first-order valence-electron chi connectivity index (χ1n) is 8.55. The van der Waals surface area contributed by atoms with Crippen molar-refractivity contribution in [2.75, 3.05) is 10.0 Å². The highest BCUT2D eigenvalue weighted by Gasteiger charge is 2.22. The van der Waals surface area contributed by atoms with Gasteiger partial charge in [-0.15, -0.1) is 11.3 Å². The highest BCUT2D eigenvalue weighted by molar-refractivity contribution is 7.92. The van der Waals surface area contributed by atoms with Crippen molar-refractivity contribution in [1.29, 1.82) is 0 Å². The number of nitrogens with zero attached hydrogens (tertiary/aromatic N) is 1. The van der Waals surface area contributed by atoms with Crippen molar-refractivity contribution in [3.05, 3.63) is 69.3 Å². The minimum atomic E-state index is -4.14. The van der Waals surface area contributed by atoms with Gasteiger partial charge in [-0.3, -0.25) is 4.72 Å². The van der Waals surface area contributed by atoms with Gasteiger partial charge in [0.2, 0.25) is 0 Å². The second-order valence-electron chi connectivity index (χ2n) is 6.21. The monoisotopic (exact) mass is 439 g/mol. The SMILES string of the molecule is CCc1cccc([C@H](C)Nc2cc(F)c(S(=O)(=O)Nc3cscn3)cc2Cl)c1. The van der Waals surface area contributed by atoms with Crippen LogP contribution in [-0.4, -0.2) is 13.4 Å². The van der Waals surface area contributed by atoms with Crippen LogP contribution in [0.4, 0.5) is 15.9 Å². The lowest BCUT2D eigenvalue weighted by Crippen LogP contribution is -2.15. The van der Waals surface area contributed by atoms with E-state index in [1.54, 1.807) is 0 Å². The fraction of sp³-hybridized carbons (Fsp3) is 0.211. The van der Waals surface area contributed by atoms with Crippen LogP contribution < -0.4 is 10.0 Å². The highest BCUT2D eigenvalue weighted by atomic mass is 35.5. The lowest BCUT2D eigenvalue weighted by molar-refractivity contribution is 0.570. The number of aryl methyl sites for hydroxylation is 1. The maximum atomic E-state index is 14.6. The van der Waals surface area contributed by atoms with Crippen LogP contribution in [0, 0.1) is 5.82 Å². The van der Waals surface area contributed by atoms with Crippen LogP contribution in [0.5, 0.6) is 0 Å². The average Bonchev–Trinajstić information content (AvgIpc) is 3.16. The van der Waals surface area contributed by atoms with E-state index in [4.69, 9.17) is 11.6 Å². The number of anilines is 2. The lowest BCUT2D eigenvalue weighted by atomic mass is 10.0. The Balaban J connectivity index is 1.85. The van der Waals surface area contributed by atoms with E-state index in [9.17, 15) is 12.8 Å². The van der Waals surface area contributed by atoms with Crippen molar-refractivity contribution < 1.29 is 12.8 Å². The van der Waals surface area contributed by atoms with Crippen LogP contribution in [0.25, 0.3) is 0 Å². The van der Waals surface area contributed by atoms with E-state index in [1.165, 1.54) is 27.8 Å². The number of hydrogen-bond acceptors (Lipinski definition) is 5. The zero-order valence-corrected chi connectivity index (χ0v) is 17.6. The summed E-state index contributed by atoms with van der Waals surface area (Å²) in [6, 6.07) is 10.1. The molecule has 0 spiro atoms. The van der Waals surface area contributed by atoms with E-state index in [0.29, 0.717) is 5.69 Å². The normalized spacial score (nSPS) is 12.6. The van der Waals surface area contributed by atoms with Gasteiger partial charge in [0.25, 0.3) is 10.0 Å². The minimum absolute atomic E-state index is 0.110. The number of benzene rings is 2. The summed E-state index contributed by atoms with van der Waals surface area (Å²) in [7, 11) is -4.14. The number of sulfonamides is 1. The van der Waals surface area contributed by atoms with Crippen LogP contribution in [-0.2, 0) is 16.4 Å². The Morgan fingerprint density at radius 3 is 2.75 bits per heavy atom. The Kier molecular flexibility index (Phi) is 6.22. The van der Waals surface area contributed by atoms with E-state index < -0.39 is 20.7 Å². The molecule has 2 aromatic carbocycles. The van der Waals surface area contributed by atoms with Gasteiger partial charge in [0.15, 0.2) is 5.82 Å². The largest absolute Gasteiger partial charge is 0.377 e. The summed E-state index contributed by atoms with van der Waals surface area (Å²) in [5, 5.41) is 4.77.